The third-order valence-corrected chi connectivity index (χ3v) is 4.34. The number of nitrogens with zero attached hydrogens (tertiary/aromatic N) is 2. The summed E-state index contributed by atoms with van der Waals surface area (Å²) in [5.41, 5.74) is 1.54. The van der Waals surface area contributed by atoms with E-state index in [0.29, 0.717) is 16.3 Å². The van der Waals surface area contributed by atoms with Gasteiger partial charge in [0, 0.05) is 17.3 Å². The van der Waals surface area contributed by atoms with Gasteiger partial charge in [0.1, 0.15) is 10.9 Å². The summed E-state index contributed by atoms with van der Waals surface area (Å²) >= 11 is 13.8. The molecule has 4 nitrogen and oxygen atoms in total. The molecule has 0 bridgehead atoms. The van der Waals surface area contributed by atoms with Gasteiger partial charge in [0.2, 0.25) is 0 Å². The molecule has 0 radical (unpaired) electrons. The Balaban J connectivity index is 1.91. The number of benzene rings is 1. The van der Waals surface area contributed by atoms with Gasteiger partial charge in [0.25, 0.3) is 0 Å². The van der Waals surface area contributed by atoms with E-state index in [2.05, 4.69) is 9.97 Å². The Morgan fingerprint density at radius 3 is 2.64 bits per heavy atom. The Morgan fingerprint density at radius 2 is 1.91 bits per heavy atom. The van der Waals surface area contributed by atoms with Crippen LogP contribution in [-0.4, -0.2) is 17.1 Å². The Bertz CT molecular complexity index is 808. The first kappa shape index (κ1) is 15.1. The van der Waals surface area contributed by atoms with Gasteiger partial charge in [0.05, 0.1) is 12.1 Å². The Labute approximate surface area is 141 Å². The first-order chi connectivity index (χ1) is 10.7. The van der Waals surface area contributed by atoms with Crippen LogP contribution in [0.1, 0.15) is 0 Å². The van der Waals surface area contributed by atoms with Crippen LogP contribution in [0.2, 0.25) is 10.2 Å². The average Bonchev–Trinajstić information content (AvgIpc) is 2.98. The highest BCUT2D eigenvalue weighted by atomic mass is 35.5. The van der Waals surface area contributed by atoms with Crippen molar-refractivity contribution in [2.45, 2.75) is 0 Å². The largest absolute Gasteiger partial charge is 0.487 e. The van der Waals surface area contributed by atoms with Gasteiger partial charge in [-0.1, -0.05) is 35.3 Å². The molecule has 0 N–H and O–H groups in total. The summed E-state index contributed by atoms with van der Waals surface area (Å²) in [4.78, 5) is 8.34. The quantitative estimate of drug-likeness (QED) is 0.596. The van der Waals surface area contributed by atoms with Crippen molar-refractivity contribution >= 4 is 34.5 Å². The minimum atomic E-state index is 0.135. The maximum Gasteiger partial charge on any atom is 0.323 e. The zero-order chi connectivity index (χ0) is 15.5. The van der Waals surface area contributed by atoms with E-state index < -0.39 is 0 Å². The SMILES string of the molecule is COc1sccc1-c1cnc(Oc2ccccc2Cl)nc1Cl. The van der Waals surface area contributed by atoms with Crippen LogP contribution in [0.3, 0.4) is 0 Å². The Hall–Kier alpha value is -1.82. The molecule has 3 rings (SSSR count). The predicted octanol–water partition coefficient (Wildman–Crippen LogP) is 5.31. The number of ether oxygens (including phenoxy) is 2. The summed E-state index contributed by atoms with van der Waals surface area (Å²) in [5, 5.41) is 3.43. The number of methoxy groups -OCH3 is 1. The van der Waals surface area contributed by atoms with Crippen LogP contribution in [0.4, 0.5) is 0 Å². The summed E-state index contributed by atoms with van der Waals surface area (Å²) in [6, 6.07) is 9.12. The van der Waals surface area contributed by atoms with Gasteiger partial charge in [-0.05, 0) is 23.6 Å². The van der Waals surface area contributed by atoms with Gasteiger partial charge < -0.3 is 9.47 Å². The lowest BCUT2D eigenvalue weighted by Crippen LogP contribution is -1.94. The molecule has 0 aliphatic heterocycles. The minimum absolute atomic E-state index is 0.135. The van der Waals surface area contributed by atoms with Crippen LogP contribution in [0, 0.1) is 0 Å². The van der Waals surface area contributed by atoms with Gasteiger partial charge in [-0.2, -0.15) is 4.98 Å². The fourth-order valence-corrected chi connectivity index (χ4v) is 2.98. The van der Waals surface area contributed by atoms with Crippen molar-refractivity contribution in [3.63, 3.8) is 0 Å². The molecule has 0 aliphatic carbocycles. The van der Waals surface area contributed by atoms with Gasteiger partial charge >= 0.3 is 6.01 Å². The molecule has 112 valence electrons. The second kappa shape index (κ2) is 6.52. The lowest BCUT2D eigenvalue weighted by atomic mass is 10.2. The van der Waals surface area contributed by atoms with Crippen LogP contribution >= 0.6 is 34.5 Å². The fourth-order valence-electron chi connectivity index (χ4n) is 1.85. The van der Waals surface area contributed by atoms with Gasteiger partial charge in [-0.15, -0.1) is 11.3 Å². The highest BCUT2D eigenvalue weighted by molar-refractivity contribution is 7.12. The predicted molar refractivity (Wildman–Crippen MR) is 88.4 cm³/mol. The molecule has 0 spiro atoms. The third-order valence-electron chi connectivity index (χ3n) is 2.86. The monoisotopic (exact) mass is 352 g/mol. The van der Waals surface area contributed by atoms with Crippen LogP contribution < -0.4 is 9.47 Å². The maximum absolute atomic E-state index is 6.24. The molecule has 0 atom stereocenters. The molecular weight excluding hydrogens is 343 g/mol. The molecule has 7 heteroatoms. The molecular formula is C15H10Cl2N2O2S. The lowest BCUT2D eigenvalue weighted by Gasteiger charge is -2.08. The normalized spacial score (nSPS) is 10.5. The molecule has 2 aromatic heterocycles. The number of halogens is 2. The van der Waals surface area contributed by atoms with E-state index in [4.69, 9.17) is 32.7 Å². The van der Waals surface area contributed by atoms with Crippen molar-refractivity contribution in [2.24, 2.45) is 0 Å². The average molecular weight is 353 g/mol. The number of rotatable bonds is 4. The molecule has 3 aromatic rings. The highest BCUT2D eigenvalue weighted by Gasteiger charge is 2.14. The summed E-state index contributed by atoms with van der Waals surface area (Å²) in [5.74, 6) is 0.473. The van der Waals surface area contributed by atoms with Crippen LogP contribution in [0.25, 0.3) is 11.1 Å². The number of aromatic nitrogens is 2. The van der Waals surface area contributed by atoms with Gasteiger partial charge in [-0.3, -0.25) is 0 Å². The highest BCUT2D eigenvalue weighted by Crippen LogP contribution is 2.38. The molecule has 22 heavy (non-hydrogen) atoms. The fraction of sp³-hybridized carbons (Fsp3) is 0.0667. The first-order valence-corrected chi connectivity index (χ1v) is 7.89. The van der Waals surface area contributed by atoms with Gasteiger partial charge in [-0.25, -0.2) is 4.98 Å². The molecule has 0 unspecified atom stereocenters. The van der Waals surface area contributed by atoms with Crippen molar-refractivity contribution in [3.05, 3.63) is 52.1 Å². The maximum atomic E-state index is 6.24. The zero-order valence-corrected chi connectivity index (χ0v) is 13.7. The number of para-hydroxylation sites is 1. The molecule has 0 aliphatic rings. The summed E-state index contributed by atoms with van der Waals surface area (Å²) < 4.78 is 10.8. The van der Waals surface area contributed by atoms with E-state index in [-0.39, 0.29) is 11.2 Å². The van der Waals surface area contributed by atoms with E-state index in [0.717, 1.165) is 10.6 Å². The lowest BCUT2D eigenvalue weighted by molar-refractivity contribution is 0.428. The van der Waals surface area contributed by atoms with Crippen LogP contribution in [0.15, 0.2) is 41.9 Å². The number of hydrogen-bond acceptors (Lipinski definition) is 5. The van der Waals surface area contributed by atoms with E-state index in [1.165, 1.54) is 11.3 Å². The third kappa shape index (κ3) is 3.02. The van der Waals surface area contributed by atoms with E-state index in [9.17, 15) is 0 Å². The smallest absolute Gasteiger partial charge is 0.323 e. The molecule has 0 fully saturated rings. The summed E-state index contributed by atoms with van der Waals surface area (Å²) in [6.45, 7) is 0. The number of hydrogen-bond donors (Lipinski definition) is 0. The molecule has 0 saturated heterocycles. The standard InChI is InChI=1S/C15H10Cl2N2O2S/c1-20-14-9(6-7-22-14)10-8-18-15(19-13(10)17)21-12-5-3-2-4-11(12)16/h2-8H,1H3. The van der Waals surface area contributed by atoms with Crippen molar-refractivity contribution in [1.82, 2.24) is 9.97 Å². The van der Waals surface area contributed by atoms with Crippen molar-refractivity contribution in [3.8, 4) is 28.0 Å². The number of thiophene rings is 1. The Morgan fingerprint density at radius 1 is 1.09 bits per heavy atom. The van der Waals surface area contributed by atoms with Crippen molar-refractivity contribution in [1.29, 1.82) is 0 Å². The molecule has 1 aromatic carbocycles. The van der Waals surface area contributed by atoms with Gasteiger partial charge in [0.15, 0.2) is 5.06 Å². The van der Waals surface area contributed by atoms with Crippen molar-refractivity contribution in [2.75, 3.05) is 7.11 Å². The molecule has 0 amide bonds. The van der Waals surface area contributed by atoms with Crippen LogP contribution in [-0.2, 0) is 0 Å². The summed E-state index contributed by atoms with van der Waals surface area (Å²) in [7, 11) is 1.61. The second-order valence-corrected chi connectivity index (χ2v) is 5.86. The zero-order valence-electron chi connectivity index (χ0n) is 11.4. The van der Waals surface area contributed by atoms with Crippen molar-refractivity contribution < 1.29 is 9.47 Å². The minimum Gasteiger partial charge on any atom is -0.487 e. The van der Waals surface area contributed by atoms with E-state index >= 15 is 0 Å². The summed E-state index contributed by atoms with van der Waals surface area (Å²) in [6.07, 6.45) is 1.60. The van der Waals surface area contributed by atoms with E-state index in [1.807, 2.05) is 23.6 Å². The first-order valence-electron chi connectivity index (χ1n) is 6.26. The van der Waals surface area contributed by atoms with E-state index in [1.54, 1.807) is 25.4 Å². The second-order valence-electron chi connectivity index (χ2n) is 4.22. The van der Waals surface area contributed by atoms with Crippen LogP contribution in [0.5, 0.6) is 16.8 Å². The Kier molecular flexibility index (Phi) is 4.47. The molecule has 2 heterocycles. The molecule has 0 saturated carbocycles. The topological polar surface area (TPSA) is 44.2 Å².